The first-order valence-corrected chi connectivity index (χ1v) is 12.9. The maximum atomic E-state index is 11.2. The Morgan fingerprint density at radius 1 is 0.882 bits per heavy atom. The van der Waals surface area contributed by atoms with Gasteiger partial charge in [-0.2, -0.15) is 0 Å². The normalized spacial score (nSPS) is 15.7. The fourth-order valence-corrected chi connectivity index (χ4v) is 3.51. The van der Waals surface area contributed by atoms with Gasteiger partial charge in [0.25, 0.3) is 0 Å². The van der Waals surface area contributed by atoms with Crippen molar-refractivity contribution in [2.45, 2.75) is 44.6 Å². The number of aliphatic hydroxyl groups excluding tert-OH is 2. The van der Waals surface area contributed by atoms with Gasteiger partial charge in [0.2, 0.25) is 0 Å². The summed E-state index contributed by atoms with van der Waals surface area (Å²) in [7, 11) is 0. The van der Waals surface area contributed by atoms with Gasteiger partial charge in [-0.05, 0) is 36.8 Å². The average Bonchev–Trinajstić information content (AvgIpc) is 2.73. The maximum absolute atomic E-state index is 11.2. The average molecular weight is 594 g/mol. The predicted octanol–water partition coefficient (Wildman–Crippen LogP) is 0.929. The van der Waals surface area contributed by atoms with E-state index in [1.165, 1.54) is 16.0 Å². The standard InChI is InChI=1S/C16H17NO.C8H15NO3.CH3I.Na.H2O/c18-15-11-17(12-15)16(13-7-3-1-4-8-13)14-9-5-2-6-10-14;1-8(2,3)12-7(11)9-4-6(10)5-9;1-2;;/h1-10,15-16,18H,11-12H2;6,10H,4-5H2,1-3H3;1H3;;1H2/q;;;+1;/p-1. The van der Waals surface area contributed by atoms with Crippen LogP contribution >= 0.6 is 22.6 Å². The summed E-state index contributed by atoms with van der Waals surface area (Å²) in [5.41, 5.74) is 2.13. The zero-order valence-electron chi connectivity index (χ0n) is 20.8. The van der Waals surface area contributed by atoms with Crippen LogP contribution in [0.5, 0.6) is 0 Å². The van der Waals surface area contributed by atoms with Gasteiger partial charge in [-0.15, -0.1) is 0 Å². The van der Waals surface area contributed by atoms with Crippen molar-refractivity contribution in [3.8, 4) is 0 Å². The van der Waals surface area contributed by atoms with E-state index in [1.54, 1.807) is 0 Å². The minimum atomic E-state index is -0.447. The zero-order valence-corrected chi connectivity index (χ0v) is 24.9. The summed E-state index contributed by atoms with van der Waals surface area (Å²) in [5.74, 6) is 0. The molecule has 0 bridgehead atoms. The second-order valence-electron chi connectivity index (χ2n) is 8.87. The molecule has 1 amide bonds. The molecule has 0 atom stereocenters. The van der Waals surface area contributed by atoms with E-state index >= 15 is 0 Å². The van der Waals surface area contributed by atoms with E-state index in [1.807, 2.05) is 37.8 Å². The van der Waals surface area contributed by atoms with E-state index < -0.39 is 5.60 Å². The summed E-state index contributed by atoms with van der Waals surface area (Å²) >= 11 is 2.15. The second-order valence-corrected chi connectivity index (χ2v) is 8.87. The molecule has 2 aromatic rings. The van der Waals surface area contributed by atoms with Crippen molar-refractivity contribution in [2.75, 3.05) is 31.1 Å². The molecule has 184 valence electrons. The van der Waals surface area contributed by atoms with Crippen molar-refractivity contribution >= 4 is 28.7 Å². The van der Waals surface area contributed by atoms with Gasteiger partial charge in [0.05, 0.1) is 31.3 Å². The monoisotopic (exact) mass is 594 g/mol. The van der Waals surface area contributed by atoms with Gasteiger partial charge in [0.15, 0.2) is 0 Å². The number of rotatable bonds is 3. The molecule has 4 rings (SSSR count). The summed E-state index contributed by atoms with van der Waals surface area (Å²) < 4.78 is 5.07. The third-order valence-corrected chi connectivity index (χ3v) is 5.00. The van der Waals surface area contributed by atoms with Crippen molar-refractivity contribution in [1.29, 1.82) is 0 Å². The number of alkyl halides is 1. The third-order valence-electron chi connectivity index (χ3n) is 5.00. The van der Waals surface area contributed by atoms with Crippen LogP contribution in [0.1, 0.15) is 37.9 Å². The smallest absolute Gasteiger partial charge is 0.870 e. The number of hydrogen-bond donors (Lipinski definition) is 2. The fourth-order valence-electron chi connectivity index (χ4n) is 3.51. The quantitative estimate of drug-likeness (QED) is 0.312. The molecule has 2 heterocycles. The zero-order chi connectivity index (χ0) is 23.7. The largest absolute Gasteiger partial charge is 1.00 e. The van der Waals surface area contributed by atoms with Gasteiger partial charge in [0.1, 0.15) is 5.60 Å². The summed E-state index contributed by atoms with van der Waals surface area (Å²) in [6, 6.07) is 21.2. The van der Waals surface area contributed by atoms with Crippen molar-refractivity contribution in [2.24, 2.45) is 0 Å². The minimum absolute atomic E-state index is 0. The van der Waals surface area contributed by atoms with Crippen LogP contribution in [-0.4, -0.2) is 80.5 Å². The van der Waals surface area contributed by atoms with Crippen LogP contribution in [0.4, 0.5) is 4.79 Å². The van der Waals surface area contributed by atoms with Crippen molar-refractivity contribution in [3.63, 3.8) is 0 Å². The van der Waals surface area contributed by atoms with Crippen LogP contribution in [-0.2, 0) is 4.74 Å². The number of β-amino-alcohol motifs (C(OH)–C–C–N with tert-alkyl or cyclic N) is 2. The number of hydrogen-bond acceptors (Lipinski definition) is 6. The summed E-state index contributed by atoms with van der Waals surface area (Å²) in [6.45, 7) is 7.77. The molecule has 2 aliphatic heterocycles. The second kappa shape index (κ2) is 16.1. The molecule has 2 aliphatic rings. The molecular formula is C25H36IN2NaO5. The predicted molar refractivity (Wildman–Crippen MR) is 138 cm³/mol. The molecule has 0 aromatic heterocycles. The first-order chi connectivity index (χ1) is 15.2. The molecule has 0 aliphatic carbocycles. The number of aliphatic hydroxyl groups is 2. The summed E-state index contributed by atoms with van der Waals surface area (Å²) in [6.07, 6.45) is -0.870. The van der Waals surface area contributed by atoms with Gasteiger partial charge in [-0.3, -0.25) is 4.90 Å². The molecule has 0 radical (unpaired) electrons. The van der Waals surface area contributed by atoms with Crippen molar-refractivity contribution in [3.05, 3.63) is 71.8 Å². The molecule has 9 heteroatoms. The molecule has 3 N–H and O–H groups in total. The van der Waals surface area contributed by atoms with E-state index in [-0.39, 0.29) is 59.4 Å². The SMILES string of the molecule is CC(C)(C)OC(=O)N1CC(O)C1.CI.OC1CN(C(c2ccccc2)c2ccccc2)C1.[Na+].[OH-]. The number of benzene rings is 2. The van der Waals surface area contributed by atoms with Gasteiger partial charge in [0, 0.05) is 13.1 Å². The maximum Gasteiger partial charge on any atom is 1.00 e. The number of nitrogens with zero attached hydrogens (tertiary/aromatic N) is 2. The molecule has 2 fully saturated rings. The van der Waals surface area contributed by atoms with Gasteiger partial charge in [-0.25, -0.2) is 4.79 Å². The van der Waals surface area contributed by atoms with E-state index in [4.69, 9.17) is 9.84 Å². The Bertz CT molecular complexity index is 772. The minimum Gasteiger partial charge on any atom is -0.870 e. The number of carbonyl (C=O) groups excluding carboxylic acids is 1. The Morgan fingerprint density at radius 2 is 1.26 bits per heavy atom. The van der Waals surface area contributed by atoms with E-state index in [0.717, 1.165) is 13.1 Å². The first-order valence-electron chi connectivity index (χ1n) is 10.8. The number of amides is 1. The first kappa shape index (κ1) is 33.3. The van der Waals surface area contributed by atoms with Crippen LogP contribution in [0.25, 0.3) is 0 Å². The van der Waals surface area contributed by atoms with Gasteiger partial charge >= 0.3 is 35.7 Å². The Morgan fingerprint density at radius 3 is 1.59 bits per heavy atom. The van der Waals surface area contributed by atoms with Crippen LogP contribution in [0.15, 0.2) is 60.7 Å². The molecule has 0 spiro atoms. The Labute approximate surface area is 239 Å². The molecule has 0 unspecified atom stereocenters. The molecule has 2 aromatic carbocycles. The summed E-state index contributed by atoms with van der Waals surface area (Å²) in [5, 5.41) is 18.4. The van der Waals surface area contributed by atoms with E-state index in [9.17, 15) is 9.90 Å². The van der Waals surface area contributed by atoms with Crippen LogP contribution in [0.3, 0.4) is 0 Å². The van der Waals surface area contributed by atoms with Gasteiger partial charge in [-0.1, -0.05) is 83.3 Å². The molecule has 7 nitrogen and oxygen atoms in total. The molecule has 34 heavy (non-hydrogen) atoms. The molecular weight excluding hydrogens is 558 g/mol. The van der Waals surface area contributed by atoms with Gasteiger partial charge < -0.3 is 25.3 Å². The number of ether oxygens (including phenoxy) is 1. The van der Waals surface area contributed by atoms with Crippen molar-refractivity contribution in [1.82, 2.24) is 9.80 Å². The Kier molecular flexibility index (Phi) is 15.8. The number of likely N-dealkylation sites (tertiary alicyclic amines) is 2. The Hall–Kier alpha value is -0.720. The Balaban J connectivity index is 0.000000603. The van der Waals surface area contributed by atoms with E-state index in [0.29, 0.717) is 13.1 Å². The van der Waals surface area contributed by atoms with Crippen LogP contribution in [0, 0.1) is 0 Å². The topological polar surface area (TPSA) is 103 Å². The number of halogens is 1. The fraction of sp³-hybridized carbons (Fsp3) is 0.480. The van der Waals surface area contributed by atoms with E-state index in [2.05, 4.69) is 76.0 Å². The summed E-state index contributed by atoms with van der Waals surface area (Å²) in [4.78, 5) is 16.9. The molecule has 0 saturated carbocycles. The van der Waals surface area contributed by atoms with Crippen LogP contribution < -0.4 is 29.6 Å². The molecule has 2 saturated heterocycles. The van der Waals surface area contributed by atoms with Crippen LogP contribution in [0.2, 0.25) is 0 Å². The third kappa shape index (κ3) is 10.5. The van der Waals surface area contributed by atoms with Crippen molar-refractivity contribution < 1.29 is 54.8 Å². The number of carbonyl (C=O) groups is 1.